The predicted octanol–water partition coefficient (Wildman–Crippen LogP) is 1.21. The van der Waals surface area contributed by atoms with E-state index in [2.05, 4.69) is 34.9 Å². The standard InChI is InChI=1S/C13H19N5/c1-9-4-3-6-18-12(9)15-13(16-18)17-7-5-11(14)10(2)8-17/h3-4,6,10-11H,5,7-8,14H2,1-2H3. The lowest BCUT2D eigenvalue weighted by Crippen LogP contribution is -2.46. The zero-order valence-corrected chi connectivity index (χ0v) is 10.9. The van der Waals surface area contributed by atoms with Gasteiger partial charge in [0.2, 0.25) is 5.95 Å². The second-order valence-corrected chi connectivity index (χ2v) is 5.25. The molecule has 0 amide bonds. The molecule has 5 nitrogen and oxygen atoms in total. The van der Waals surface area contributed by atoms with Crippen LogP contribution in [-0.2, 0) is 0 Å². The first-order valence-electron chi connectivity index (χ1n) is 6.47. The van der Waals surface area contributed by atoms with Crippen molar-refractivity contribution in [1.29, 1.82) is 0 Å². The van der Waals surface area contributed by atoms with Gasteiger partial charge >= 0.3 is 0 Å². The summed E-state index contributed by atoms with van der Waals surface area (Å²) >= 11 is 0. The van der Waals surface area contributed by atoms with Crippen molar-refractivity contribution in [3.63, 3.8) is 0 Å². The predicted molar refractivity (Wildman–Crippen MR) is 71.7 cm³/mol. The summed E-state index contributed by atoms with van der Waals surface area (Å²) in [5, 5.41) is 4.55. The van der Waals surface area contributed by atoms with E-state index in [0.29, 0.717) is 12.0 Å². The Kier molecular flexibility index (Phi) is 2.70. The third kappa shape index (κ3) is 1.84. The summed E-state index contributed by atoms with van der Waals surface area (Å²) in [5.41, 5.74) is 8.14. The normalized spacial score (nSPS) is 24.7. The molecule has 18 heavy (non-hydrogen) atoms. The Bertz CT molecular complexity index is 562. The maximum Gasteiger partial charge on any atom is 0.245 e. The van der Waals surface area contributed by atoms with E-state index in [1.807, 2.05) is 16.8 Å². The maximum absolute atomic E-state index is 6.05. The van der Waals surface area contributed by atoms with Crippen LogP contribution in [0.3, 0.4) is 0 Å². The van der Waals surface area contributed by atoms with Gasteiger partial charge in [0.1, 0.15) is 0 Å². The molecule has 1 aliphatic rings. The Hall–Kier alpha value is -1.62. The van der Waals surface area contributed by atoms with Gasteiger partial charge in [0.05, 0.1) is 0 Å². The van der Waals surface area contributed by atoms with E-state index in [1.54, 1.807) is 0 Å². The molecule has 3 heterocycles. The number of hydrogen-bond acceptors (Lipinski definition) is 4. The van der Waals surface area contributed by atoms with Gasteiger partial charge in [-0.2, -0.15) is 4.98 Å². The number of fused-ring (bicyclic) bond motifs is 1. The van der Waals surface area contributed by atoms with Gasteiger partial charge in [-0.05, 0) is 30.9 Å². The van der Waals surface area contributed by atoms with Crippen molar-refractivity contribution in [3.05, 3.63) is 23.9 Å². The summed E-state index contributed by atoms with van der Waals surface area (Å²) in [7, 11) is 0. The fourth-order valence-corrected chi connectivity index (χ4v) is 2.51. The molecule has 0 saturated carbocycles. The fraction of sp³-hybridized carbons (Fsp3) is 0.538. The Morgan fingerprint density at radius 1 is 1.44 bits per heavy atom. The number of aromatic nitrogens is 3. The summed E-state index contributed by atoms with van der Waals surface area (Å²) in [6, 6.07) is 4.36. The molecule has 2 atom stereocenters. The Morgan fingerprint density at radius 2 is 2.28 bits per heavy atom. The third-order valence-electron chi connectivity index (χ3n) is 3.80. The highest BCUT2D eigenvalue weighted by Crippen LogP contribution is 2.20. The van der Waals surface area contributed by atoms with E-state index in [0.717, 1.165) is 36.7 Å². The maximum atomic E-state index is 6.05. The molecule has 2 aromatic rings. The van der Waals surface area contributed by atoms with Crippen molar-refractivity contribution in [2.24, 2.45) is 11.7 Å². The highest BCUT2D eigenvalue weighted by Gasteiger charge is 2.25. The quantitative estimate of drug-likeness (QED) is 0.820. The summed E-state index contributed by atoms with van der Waals surface area (Å²) in [6.07, 6.45) is 2.95. The Morgan fingerprint density at radius 3 is 3.00 bits per heavy atom. The summed E-state index contributed by atoms with van der Waals surface area (Å²) in [6.45, 7) is 6.14. The molecule has 2 aromatic heterocycles. The first kappa shape index (κ1) is 11.5. The summed E-state index contributed by atoms with van der Waals surface area (Å²) in [4.78, 5) is 6.87. The van der Waals surface area contributed by atoms with Crippen LogP contribution in [-0.4, -0.2) is 33.7 Å². The van der Waals surface area contributed by atoms with Gasteiger partial charge in [0.25, 0.3) is 0 Å². The van der Waals surface area contributed by atoms with Crippen molar-refractivity contribution in [2.45, 2.75) is 26.3 Å². The monoisotopic (exact) mass is 245 g/mol. The molecule has 2 N–H and O–H groups in total. The number of hydrogen-bond donors (Lipinski definition) is 1. The molecule has 96 valence electrons. The van der Waals surface area contributed by atoms with Crippen LogP contribution in [0.1, 0.15) is 18.9 Å². The molecule has 0 aliphatic carbocycles. The second-order valence-electron chi connectivity index (χ2n) is 5.25. The lowest BCUT2D eigenvalue weighted by atomic mass is 9.95. The number of pyridine rings is 1. The number of nitrogens with zero attached hydrogens (tertiary/aromatic N) is 4. The van der Waals surface area contributed by atoms with Crippen molar-refractivity contribution in [1.82, 2.24) is 14.6 Å². The molecular weight excluding hydrogens is 226 g/mol. The van der Waals surface area contributed by atoms with Gasteiger partial charge in [-0.1, -0.05) is 13.0 Å². The summed E-state index contributed by atoms with van der Waals surface area (Å²) in [5.74, 6) is 1.31. The molecule has 1 aliphatic heterocycles. The van der Waals surface area contributed by atoms with Crippen LogP contribution >= 0.6 is 0 Å². The van der Waals surface area contributed by atoms with Crippen LogP contribution in [0, 0.1) is 12.8 Å². The molecular formula is C13H19N5. The third-order valence-corrected chi connectivity index (χ3v) is 3.80. The van der Waals surface area contributed by atoms with Crippen LogP contribution in [0.4, 0.5) is 5.95 Å². The first-order valence-corrected chi connectivity index (χ1v) is 6.47. The average molecular weight is 245 g/mol. The van der Waals surface area contributed by atoms with Crippen LogP contribution in [0.25, 0.3) is 5.65 Å². The van der Waals surface area contributed by atoms with Crippen molar-refractivity contribution < 1.29 is 0 Å². The van der Waals surface area contributed by atoms with E-state index in [4.69, 9.17) is 5.73 Å². The fourth-order valence-electron chi connectivity index (χ4n) is 2.51. The van der Waals surface area contributed by atoms with Crippen LogP contribution < -0.4 is 10.6 Å². The van der Waals surface area contributed by atoms with Gasteiger partial charge in [-0.3, -0.25) is 0 Å². The molecule has 5 heteroatoms. The van der Waals surface area contributed by atoms with Gasteiger partial charge in [-0.15, -0.1) is 5.10 Å². The largest absolute Gasteiger partial charge is 0.339 e. The highest BCUT2D eigenvalue weighted by molar-refractivity contribution is 5.50. The van der Waals surface area contributed by atoms with Crippen LogP contribution in [0.5, 0.6) is 0 Å². The Balaban J connectivity index is 1.93. The Labute approximate surface area is 107 Å². The van der Waals surface area contributed by atoms with Gasteiger partial charge in [0.15, 0.2) is 5.65 Å². The molecule has 2 unspecified atom stereocenters. The minimum Gasteiger partial charge on any atom is -0.339 e. The van der Waals surface area contributed by atoms with E-state index in [-0.39, 0.29) is 0 Å². The lowest BCUT2D eigenvalue weighted by Gasteiger charge is -2.34. The van der Waals surface area contributed by atoms with E-state index >= 15 is 0 Å². The van der Waals surface area contributed by atoms with Crippen molar-refractivity contribution >= 4 is 11.6 Å². The second kappa shape index (κ2) is 4.24. The van der Waals surface area contributed by atoms with E-state index in [9.17, 15) is 0 Å². The SMILES string of the molecule is Cc1cccn2nc(N3CCC(N)C(C)C3)nc12. The lowest BCUT2D eigenvalue weighted by molar-refractivity contribution is 0.380. The van der Waals surface area contributed by atoms with Gasteiger partial charge < -0.3 is 10.6 Å². The molecule has 0 spiro atoms. The van der Waals surface area contributed by atoms with Gasteiger partial charge in [-0.25, -0.2) is 4.52 Å². The number of rotatable bonds is 1. The molecule has 1 fully saturated rings. The number of aryl methyl sites for hydroxylation is 1. The highest BCUT2D eigenvalue weighted by atomic mass is 15.4. The minimum absolute atomic E-state index is 0.306. The average Bonchev–Trinajstić information content (AvgIpc) is 2.78. The smallest absolute Gasteiger partial charge is 0.245 e. The molecule has 0 bridgehead atoms. The van der Waals surface area contributed by atoms with Crippen molar-refractivity contribution in [3.8, 4) is 0 Å². The molecule has 0 aromatic carbocycles. The van der Waals surface area contributed by atoms with E-state index in [1.165, 1.54) is 0 Å². The van der Waals surface area contributed by atoms with E-state index < -0.39 is 0 Å². The number of anilines is 1. The van der Waals surface area contributed by atoms with Crippen molar-refractivity contribution in [2.75, 3.05) is 18.0 Å². The molecule has 0 radical (unpaired) electrons. The zero-order chi connectivity index (χ0) is 12.7. The van der Waals surface area contributed by atoms with Crippen LogP contribution in [0.2, 0.25) is 0 Å². The first-order chi connectivity index (χ1) is 8.65. The zero-order valence-electron chi connectivity index (χ0n) is 10.9. The topological polar surface area (TPSA) is 59.5 Å². The summed E-state index contributed by atoms with van der Waals surface area (Å²) < 4.78 is 1.85. The minimum atomic E-state index is 0.306. The molecule has 3 rings (SSSR count). The van der Waals surface area contributed by atoms with Crippen LogP contribution in [0.15, 0.2) is 18.3 Å². The number of nitrogens with two attached hydrogens (primary N) is 1. The van der Waals surface area contributed by atoms with Gasteiger partial charge in [0, 0.05) is 25.3 Å². The number of piperidine rings is 1. The molecule has 1 saturated heterocycles.